The van der Waals surface area contributed by atoms with Gasteiger partial charge in [-0.1, -0.05) is 46.5 Å². The molecule has 3 nitrogen and oxygen atoms in total. The fourth-order valence-corrected chi connectivity index (χ4v) is 4.81. The van der Waals surface area contributed by atoms with Gasteiger partial charge in [-0.3, -0.25) is 4.70 Å². The first-order valence-corrected chi connectivity index (χ1v) is 9.59. The van der Waals surface area contributed by atoms with Gasteiger partial charge in [-0.15, -0.1) is 0 Å². The lowest BCUT2D eigenvalue weighted by molar-refractivity contribution is 0.0706. The van der Waals surface area contributed by atoms with Gasteiger partial charge in [0.25, 0.3) is 0 Å². The Labute approximate surface area is 127 Å². The van der Waals surface area contributed by atoms with Gasteiger partial charge in [-0.05, 0) is 27.2 Å². The number of hydrogen-bond acceptors (Lipinski definition) is 3. The summed E-state index contributed by atoms with van der Waals surface area (Å²) in [6, 6.07) is 0.967. The van der Waals surface area contributed by atoms with Crippen LogP contribution in [-0.2, 0) is 13.3 Å². The Morgan fingerprint density at radius 2 is 1.05 bits per heavy atom. The van der Waals surface area contributed by atoms with Gasteiger partial charge in [0.1, 0.15) is 0 Å². The molecule has 0 saturated heterocycles. The predicted octanol–water partition coefficient (Wildman–Crippen LogP) is 5.18. The van der Waals surface area contributed by atoms with Crippen LogP contribution < -0.4 is 0 Å². The molecule has 126 valence electrons. The Hall–Kier alpha value is 0.0269. The molecule has 0 bridgehead atoms. The van der Waals surface area contributed by atoms with E-state index in [4.69, 9.17) is 13.3 Å². The normalized spacial score (nSPS) is 10.8. The Balaban J connectivity index is -0.00000144. The highest BCUT2D eigenvalue weighted by molar-refractivity contribution is 6.60. The SMILES string of the molecule is C.CCCCCCCC[Si](OCC)(OCC)OCC.F. The molecule has 0 spiro atoms. The molecule has 0 aliphatic carbocycles. The molecule has 0 atom stereocenters. The number of halogens is 1. The zero-order valence-corrected chi connectivity index (χ0v) is 14.2. The Morgan fingerprint density at radius 3 is 1.45 bits per heavy atom. The van der Waals surface area contributed by atoms with Crippen LogP contribution in [0.1, 0.15) is 73.6 Å². The first-order valence-electron chi connectivity index (χ1n) is 7.66. The lowest BCUT2D eigenvalue weighted by Gasteiger charge is -2.28. The quantitative estimate of drug-likeness (QED) is 0.346. The van der Waals surface area contributed by atoms with Gasteiger partial charge in [0, 0.05) is 25.9 Å². The summed E-state index contributed by atoms with van der Waals surface area (Å²) in [5.74, 6) is 0. The van der Waals surface area contributed by atoms with Crippen LogP contribution in [0.3, 0.4) is 0 Å². The summed E-state index contributed by atoms with van der Waals surface area (Å²) in [5.41, 5.74) is 0. The van der Waals surface area contributed by atoms with E-state index in [1.54, 1.807) is 0 Å². The largest absolute Gasteiger partial charge is 0.500 e. The maximum absolute atomic E-state index is 5.83. The van der Waals surface area contributed by atoms with E-state index >= 15 is 0 Å². The highest BCUT2D eigenvalue weighted by Gasteiger charge is 2.39. The van der Waals surface area contributed by atoms with Crippen molar-refractivity contribution < 1.29 is 18.0 Å². The molecule has 5 heteroatoms. The van der Waals surface area contributed by atoms with Gasteiger partial charge < -0.3 is 13.3 Å². The van der Waals surface area contributed by atoms with E-state index in [0.717, 1.165) is 12.5 Å². The van der Waals surface area contributed by atoms with Gasteiger partial charge in [-0.2, -0.15) is 0 Å². The summed E-state index contributed by atoms with van der Waals surface area (Å²) >= 11 is 0. The lowest BCUT2D eigenvalue weighted by Crippen LogP contribution is -2.45. The van der Waals surface area contributed by atoms with Crippen molar-refractivity contribution in [1.29, 1.82) is 0 Å². The van der Waals surface area contributed by atoms with Crippen LogP contribution in [0.25, 0.3) is 0 Å². The van der Waals surface area contributed by atoms with Crippen molar-refractivity contribution in [2.45, 2.75) is 79.7 Å². The van der Waals surface area contributed by atoms with Gasteiger partial charge in [0.2, 0.25) is 0 Å². The maximum atomic E-state index is 5.83. The summed E-state index contributed by atoms with van der Waals surface area (Å²) in [6.07, 6.45) is 7.75. The molecule has 0 N–H and O–H groups in total. The minimum atomic E-state index is -2.36. The minimum absolute atomic E-state index is 0. The molecule has 0 fully saturated rings. The monoisotopic (exact) mass is 312 g/mol. The topological polar surface area (TPSA) is 27.7 Å². The lowest BCUT2D eigenvalue weighted by atomic mass is 10.1. The second kappa shape index (κ2) is 17.1. The van der Waals surface area contributed by atoms with Crippen molar-refractivity contribution in [1.82, 2.24) is 0 Å². The van der Waals surface area contributed by atoms with E-state index in [9.17, 15) is 0 Å². The van der Waals surface area contributed by atoms with Gasteiger partial charge in [0.15, 0.2) is 0 Å². The summed E-state index contributed by atoms with van der Waals surface area (Å²) in [6.45, 7) is 10.3. The Bertz CT molecular complexity index is 165. The third kappa shape index (κ3) is 11.8. The van der Waals surface area contributed by atoms with Crippen LogP contribution in [0.5, 0.6) is 0 Å². The summed E-state index contributed by atoms with van der Waals surface area (Å²) in [4.78, 5) is 0. The van der Waals surface area contributed by atoms with Gasteiger partial charge in [0.05, 0.1) is 0 Å². The Kier molecular flexibility index (Phi) is 21.4. The molecule has 20 heavy (non-hydrogen) atoms. The summed E-state index contributed by atoms with van der Waals surface area (Å²) in [7, 11) is -2.36. The molecule has 0 rings (SSSR count). The fourth-order valence-electron chi connectivity index (χ4n) is 2.12. The number of rotatable bonds is 13. The highest BCUT2D eigenvalue weighted by Crippen LogP contribution is 2.20. The van der Waals surface area contributed by atoms with Gasteiger partial charge >= 0.3 is 8.80 Å². The zero-order chi connectivity index (χ0) is 13.7. The number of hydrogen-bond donors (Lipinski definition) is 0. The molecule has 0 saturated carbocycles. The molecular formula is C15H37FO3Si. The molecule has 0 amide bonds. The van der Waals surface area contributed by atoms with Crippen molar-refractivity contribution in [3.63, 3.8) is 0 Å². The van der Waals surface area contributed by atoms with E-state index in [1.807, 2.05) is 20.8 Å². The van der Waals surface area contributed by atoms with Crippen molar-refractivity contribution in [2.24, 2.45) is 0 Å². The van der Waals surface area contributed by atoms with E-state index in [1.165, 1.54) is 32.1 Å². The molecule has 0 heterocycles. The molecule has 0 radical (unpaired) electrons. The smallest absolute Gasteiger partial charge is 0.374 e. The average Bonchev–Trinajstić information content (AvgIpc) is 2.35. The molecule has 0 aliphatic rings. The third-order valence-electron chi connectivity index (χ3n) is 2.93. The van der Waals surface area contributed by atoms with E-state index in [2.05, 4.69) is 6.92 Å². The average molecular weight is 313 g/mol. The van der Waals surface area contributed by atoms with E-state index in [-0.39, 0.29) is 12.1 Å². The van der Waals surface area contributed by atoms with Gasteiger partial charge in [-0.25, -0.2) is 0 Å². The van der Waals surface area contributed by atoms with Crippen LogP contribution >= 0.6 is 0 Å². The number of unbranched alkanes of at least 4 members (excludes halogenated alkanes) is 5. The molecular weight excluding hydrogens is 275 g/mol. The molecule has 0 aromatic heterocycles. The van der Waals surface area contributed by atoms with Crippen molar-refractivity contribution in [3.05, 3.63) is 0 Å². The summed E-state index contributed by atoms with van der Waals surface area (Å²) < 4.78 is 17.5. The molecule has 0 aliphatic heterocycles. The van der Waals surface area contributed by atoms with Crippen molar-refractivity contribution >= 4 is 8.80 Å². The van der Waals surface area contributed by atoms with Crippen LogP contribution in [0, 0.1) is 0 Å². The molecule has 0 unspecified atom stereocenters. The Morgan fingerprint density at radius 1 is 0.650 bits per heavy atom. The minimum Gasteiger partial charge on any atom is -0.374 e. The van der Waals surface area contributed by atoms with E-state index in [0.29, 0.717) is 19.8 Å². The van der Waals surface area contributed by atoms with Crippen molar-refractivity contribution in [3.8, 4) is 0 Å². The third-order valence-corrected chi connectivity index (χ3v) is 6.08. The van der Waals surface area contributed by atoms with Crippen LogP contribution in [-0.4, -0.2) is 28.6 Å². The second-order valence-corrected chi connectivity index (χ2v) is 7.23. The highest BCUT2D eigenvalue weighted by atomic mass is 28.4. The first-order chi connectivity index (χ1) is 8.74. The van der Waals surface area contributed by atoms with Crippen LogP contribution in [0.2, 0.25) is 6.04 Å². The first kappa shape index (κ1) is 25.0. The fraction of sp³-hybridized carbons (Fsp3) is 1.00. The van der Waals surface area contributed by atoms with E-state index < -0.39 is 8.80 Å². The van der Waals surface area contributed by atoms with Crippen LogP contribution in [0.4, 0.5) is 4.70 Å². The zero-order valence-electron chi connectivity index (χ0n) is 13.2. The maximum Gasteiger partial charge on any atom is 0.500 e. The molecule has 0 aromatic rings. The summed E-state index contributed by atoms with van der Waals surface area (Å²) in [5, 5.41) is 0. The standard InChI is InChI=1S/C14H32O3Si.CH4.FH/c1-5-9-10-11-12-13-14-18(15-6-2,16-7-3)17-8-4;;/h5-14H2,1-4H3;1H4;1H. The predicted molar refractivity (Wildman–Crippen MR) is 88.0 cm³/mol. The second-order valence-electron chi connectivity index (χ2n) is 4.50. The molecule has 0 aromatic carbocycles. The van der Waals surface area contributed by atoms with Crippen LogP contribution in [0.15, 0.2) is 0 Å². The van der Waals surface area contributed by atoms with Crippen molar-refractivity contribution in [2.75, 3.05) is 19.8 Å².